The monoisotopic (exact) mass is 234 g/mol. The Balaban J connectivity index is 2.18. The maximum Gasteiger partial charge on any atom is 0.116 e. The second-order valence-corrected chi connectivity index (χ2v) is 3.71. The smallest absolute Gasteiger partial charge is 0.116 e. The fourth-order valence-electron chi connectivity index (χ4n) is 1.75. The summed E-state index contributed by atoms with van der Waals surface area (Å²) in [5.41, 5.74) is 3.31. The van der Waals surface area contributed by atoms with E-state index in [-0.39, 0.29) is 0 Å². The van der Waals surface area contributed by atoms with Gasteiger partial charge in [0, 0.05) is 30.4 Å². The summed E-state index contributed by atoms with van der Waals surface area (Å²) in [7, 11) is 0. The van der Waals surface area contributed by atoms with Gasteiger partial charge in [-0.25, -0.2) is 0 Å². The van der Waals surface area contributed by atoms with Crippen LogP contribution in [0.2, 0.25) is 0 Å². The molecule has 1 aromatic carbocycles. The topological polar surface area (TPSA) is 51.6 Å². The highest BCUT2D eigenvalue weighted by Gasteiger charge is 2.10. The Morgan fingerprint density at radius 1 is 0.667 bits per heavy atom. The van der Waals surface area contributed by atoms with Crippen molar-refractivity contribution in [2.24, 2.45) is 0 Å². The molecule has 0 saturated carbocycles. The van der Waals surface area contributed by atoms with E-state index in [9.17, 15) is 0 Å². The third-order valence-electron chi connectivity index (χ3n) is 2.55. The van der Waals surface area contributed by atoms with Crippen molar-refractivity contribution in [1.29, 1.82) is 0 Å². The van der Waals surface area contributed by atoms with E-state index >= 15 is 0 Å². The predicted molar refractivity (Wildman–Crippen MR) is 68.5 cm³/mol. The number of rotatable bonds is 2. The Hall–Kier alpha value is -2.62. The molecule has 4 heteroatoms. The molecule has 0 amide bonds. The van der Waals surface area contributed by atoms with Crippen molar-refractivity contribution in [3.05, 3.63) is 61.3 Å². The van der Waals surface area contributed by atoms with E-state index in [1.807, 2.05) is 30.3 Å². The summed E-state index contributed by atoms with van der Waals surface area (Å²) in [5.74, 6) is 0. The second kappa shape index (κ2) is 4.71. The lowest BCUT2D eigenvalue weighted by atomic mass is 10.1. The zero-order valence-electron chi connectivity index (χ0n) is 9.56. The van der Waals surface area contributed by atoms with Crippen molar-refractivity contribution < 1.29 is 0 Å². The average Bonchev–Trinajstić information content (AvgIpc) is 2.49. The first-order chi connectivity index (χ1) is 8.95. The lowest BCUT2D eigenvalue weighted by Gasteiger charge is -2.06. The van der Waals surface area contributed by atoms with Crippen molar-refractivity contribution in [3.8, 4) is 22.6 Å². The third-order valence-corrected chi connectivity index (χ3v) is 2.55. The summed E-state index contributed by atoms with van der Waals surface area (Å²) in [6.45, 7) is 0. The van der Waals surface area contributed by atoms with Gasteiger partial charge in [0.05, 0.1) is 11.9 Å². The van der Waals surface area contributed by atoms with Crippen LogP contribution >= 0.6 is 0 Å². The van der Waals surface area contributed by atoms with Crippen LogP contribution in [-0.4, -0.2) is 19.9 Å². The highest BCUT2D eigenvalue weighted by molar-refractivity contribution is 5.75. The normalized spacial score (nSPS) is 10.2. The summed E-state index contributed by atoms with van der Waals surface area (Å²) in [5, 5.41) is 0. The van der Waals surface area contributed by atoms with Gasteiger partial charge in [0.2, 0.25) is 0 Å². The molecule has 18 heavy (non-hydrogen) atoms. The largest absolute Gasteiger partial charge is 0.261 e. The first-order valence-electron chi connectivity index (χ1n) is 5.58. The minimum absolute atomic E-state index is 0.726. The van der Waals surface area contributed by atoms with Gasteiger partial charge in [-0.3, -0.25) is 19.9 Å². The van der Waals surface area contributed by atoms with Crippen molar-refractivity contribution in [3.63, 3.8) is 0 Å². The van der Waals surface area contributed by atoms with E-state index < -0.39 is 0 Å². The van der Waals surface area contributed by atoms with Crippen LogP contribution < -0.4 is 0 Å². The quantitative estimate of drug-likeness (QED) is 0.684. The van der Waals surface area contributed by atoms with Gasteiger partial charge in [-0.1, -0.05) is 30.3 Å². The van der Waals surface area contributed by atoms with Gasteiger partial charge in [0.15, 0.2) is 0 Å². The molecule has 0 saturated heterocycles. The molecule has 0 atom stereocenters. The summed E-state index contributed by atoms with van der Waals surface area (Å²) >= 11 is 0. The van der Waals surface area contributed by atoms with Gasteiger partial charge in [0.1, 0.15) is 11.4 Å². The van der Waals surface area contributed by atoms with E-state index in [4.69, 9.17) is 0 Å². The van der Waals surface area contributed by atoms with E-state index in [1.54, 1.807) is 31.0 Å². The first kappa shape index (κ1) is 10.5. The van der Waals surface area contributed by atoms with E-state index in [0.29, 0.717) is 0 Å². The van der Waals surface area contributed by atoms with Crippen LogP contribution in [0.25, 0.3) is 22.6 Å². The van der Waals surface area contributed by atoms with Gasteiger partial charge in [0.25, 0.3) is 0 Å². The van der Waals surface area contributed by atoms with Crippen molar-refractivity contribution in [2.45, 2.75) is 0 Å². The van der Waals surface area contributed by atoms with Crippen LogP contribution in [0.4, 0.5) is 0 Å². The standard InChI is InChI=1S/C14H10N4/c1-2-4-11(5-3-1)13-14(18-9-8-17-13)12-10-15-6-7-16-12/h1-10H. The minimum atomic E-state index is 0.726. The van der Waals surface area contributed by atoms with E-state index in [0.717, 1.165) is 22.6 Å². The fraction of sp³-hybridized carbons (Fsp3) is 0. The molecule has 3 aromatic rings. The van der Waals surface area contributed by atoms with Crippen LogP contribution in [0.5, 0.6) is 0 Å². The molecule has 4 nitrogen and oxygen atoms in total. The molecule has 2 aromatic heterocycles. The van der Waals surface area contributed by atoms with Crippen molar-refractivity contribution in [1.82, 2.24) is 19.9 Å². The Morgan fingerprint density at radius 2 is 1.39 bits per heavy atom. The SMILES string of the molecule is c1ccc(-c2nccnc2-c2cnccn2)cc1. The molecule has 3 rings (SSSR count). The van der Waals surface area contributed by atoms with Crippen LogP contribution in [0.15, 0.2) is 61.3 Å². The fourth-order valence-corrected chi connectivity index (χ4v) is 1.75. The molecule has 0 unspecified atom stereocenters. The molecule has 0 aliphatic carbocycles. The van der Waals surface area contributed by atoms with Crippen LogP contribution in [0.1, 0.15) is 0 Å². The number of hydrogen-bond acceptors (Lipinski definition) is 4. The molecule has 2 heterocycles. The molecule has 0 radical (unpaired) electrons. The summed E-state index contributed by atoms with van der Waals surface area (Å²) in [4.78, 5) is 17.1. The first-order valence-corrected chi connectivity index (χ1v) is 5.58. The maximum atomic E-state index is 4.40. The van der Waals surface area contributed by atoms with E-state index in [1.165, 1.54) is 0 Å². The zero-order chi connectivity index (χ0) is 12.2. The zero-order valence-corrected chi connectivity index (χ0v) is 9.56. The number of benzene rings is 1. The second-order valence-electron chi connectivity index (χ2n) is 3.71. The Labute approximate surface area is 104 Å². The lowest BCUT2D eigenvalue weighted by Crippen LogP contribution is -1.94. The van der Waals surface area contributed by atoms with Gasteiger partial charge >= 0.3 is 0 Å². The van der Waals surface area contributed by atoms with Gasteiger partial charge in [-0.05, 0) is 0 Å². The average molecular weight is 234 g/mol. The Morgan fingerprint density at radius 3 is 2.11 bits per heavy atom. The van der Waals surface area contributed by atoms with Crippen LogP contribution in [0.3, 0.4) is 0 Å². The summed E-state index contributed by atoms with van der Waals surface area (Å²) in [6, 6.07) is 9.94. The maximum absolute atomic E-state index is 4.40. The molecule has 0 aliphatic rings. The Bertz CT molecular complexity index is 580. The molecule has 0 N–H and O–H groups in total. The van der Waals surface area contributed by atoms with Crippen molar-refractivity contribution >= 4 is 0 Å². The molecule has 86 valence electrons. The van der Waals surface area contributed by atoms with Crippen molar-refractivity contribution in [2.75, 3.05) is 0 Å². The van der Waals surface area contributed by atoms with Gasteiger partial charge in [-0.15, -0.1) is 0 Å². The molecular formula is C14H10N4. The van der Waals surface area contributed by atoms with Crippen LogP contribution in [0, 0.1) is 0 Å². The highest BCUT2D eigenvalue weighted by Crippen LogP contribution is 2.25. The highest BCUT2D eigenvalue weighted by atomic mass is 14.9. The number of aromatic nitrogens is 4. The molecule has 0 fully saturated rings. The third kappa shape index (κ3) is 1.96. The Kier molecular flexibility index (Phi) is 2.75. The van der Waals surface area contributed by atoms with Gasteiger partial charge in [-0.2, -0.15) is 0 Å². The summed E-state index contributed by atoms with van der Waals surface area (Å²) in [6.07, 6.45) is 8.33. The molecular weight excluding hydrogens is 224 g/mol. The van der Waals surface area contributed by atoms with Gasteiger partial charge < -0.3 is 0 Å². The van der Waals surface area contributed by atoms with E-state index in [2.05, 4.69) is 19.9 Å². The number of hydrogen-bond donors (Lipinski definition) is 0. The summed E-state index contributed by atoms with van der Waals surface area (Å²) < 4.78 is 0. The lowest BCUT2D eigenvalue weighted by molar-refractivity contribution is 1.14. The molecule has 0 aliphatic heterocycles. The minimum Gasteiger partial charge on any atom is -0.261 e. The molecule has 0 bridgehead atoms. The predicted octanol–water partition coefficient (Wildman–Crippen LogP) is 2.60. The van der Waals surface area contributed by atoms with Crippen LogP contribution in [-0.2, 0) is 0 Å². The number of nitrogens with zero attached hydrogens (tertiary/aromatic N) is 4. The molecule has 0 spiro atoms.